The second-order valence-corrected chi connectivity index (χ2v) is 7.68. The van der Waals surface area contributed by atoms with Gasteiger partial charge in [0, 0.05) is 56.7 Å². The number of nitrogens with zero attached hydrogens (tertiary/aromatic N) is 1. The summed E-state index contributed by atoms with van der Waals surface area (Å²) in [6.07, 6.45) is 4.68. The maximum absolute atomic E-state index is 13.7. The molecule has 2 amide bonds. The Bertz CT molecular complexity index is 694. The summed E-state index contributed by atoms with van der Waals surface area (Å²) in [6.45, 7) is 3.14. The normalized spacial score (nSPS) is 22.6. The van der Waals surface area contributed by atoms with E-state index in [1.807, 2.05) is 0 Å². The summed E-state index contributed by atoms with van der Waals surface area (Å²) in [4.78, 5) is 26.0. The van der Waals surface area contributed by atoms with Crippen LogP contribution in [0.25, 0.3) is 0 Å². The standard InChI is InChI=1S/C20H27F2N3O2/c1-13(26)23-11-18-7-6-17(25(18)12-14-2-3-14)9-20(27)24-10-15-4-5-16(21)8-19(15)22/h4-5,8,14,17-18H,2-3,6-7,9-12H2,1H3,(H,23,26)(H,24,27)/t17-,18+/m1/s1. The molecule has 2 aliphatic rings. The van der Waals surface area contributed by atoms with E-state index in [1.54, 1.807) is 0 Å². The number of hydrogen-bond donors (Lipinski definition) is 2. The minimum Gasteiger partial charge on any atom is -0.355 e. The van der Waals surface area contributed by atoms with E-state index in [9.17, 15) is 18.4 Å². The maximum Gasteiger partial charge on any atom is 0.221 e. The van der Waals surface area contributed by atoms with Crippen LogP contribution in [-0.2, 0) is 16.1 Å². The van der Waals surface area contributed by atoms with Crippen LogP contribution in [0.1, 0.15) is 44.6 Å². The molecule has 0 bridgehead atoms. The average Bonchev–Trinajstić information content (AvgIpc) is 3.35. The lowest BCUT2D eigenvalue weighted by molar-refractivity contribution is -0.122. The van der Waals surface area contributed by atoms with Crippen LogP contribution >= 0.6 is 0 Å². The first kappa shape index (κ1) is 19.7. The molecule has 1 saturated carbocycles. The highest BCUT2D eigenvalue weighted by molar-refractivity contribution is 5.76. The van der Waals surface area contributed by atoms with Gasteiger partial charge in [-0.2, -0.15) is 0 Å². The summed E-state index contributed by atoms with van der Waals surface area (Å²) in [7, 11) is 0. The highest BCUT2D eigenvalue weighted by Crippen LogP contribution is 2.35. The molecule has 0 aromatic heterocycles. The van der Waals surface area contributed by atoms with Crippen LogP contribution in [0, 0.1) is 17.6 Å². The molecule has 0 unspecified atom stereocenters. The summed E-state index contributed by atoms with van der Waals surface area (Å²) in [5.41, 5.74) is 0.273. The molecule has 0 radical (unpaired) electrons. The van der Waals surface area contributed by atoms with Crippen molar-refractivity contribution in [2.45, 2.75) is 57.7 Å². The van der Waals surface area contributed by atoms with Crippen molar-refractivity contribution in [3.8, 4) is 0 Å². The molecule has 2 fully saturated rings. The van der Waals surface area contributed by atoms with E-state index in [-0.39, 0.29) is 36.0 Å². The Morgan fingerprint density at radius 3 is 2.52 bits per heavy atom. The van der Waals surface area contributed by atoms with Gasteiger partial charge in [-0.3, -0.25) is 14.5 Å². The molecule has 0 spiro atoms. The number of carbonyl (C=O) groups is 2. The van der Waals surface area contributed by atoms with Gasteiger partial charge < -0.3 is 10.6 Å². The zero-order valence-electron chi connectivity index (χ0n) is 15.6. The van der Waals surface area contributed by atoms with E-state index in [2.05, 4.69) is 15.5 Å². The van der Waals surface area contributed by atoms with E-state index in [4.69, 9.17) is 0 Å². The molecule has 1 aliphatic carbocycles. The van der Waals surface area contributed by atoms with Gasteiger partial charge in [-0.15, -0.1) is 0 Å². The summed E-state index contributed by atoms with van der Waals surface area (Å²) in [6, 6.07) is 3.77. The van der Waals surface area contributed by atoms with E-state index < -0.39 is 11.6 Å². The molecule has 1 aliphatic heterocycles. The van der Waals surface area contributed by atoms with E-state index in [0.717, 1.165) is 25.5 Å². The number of carbonyl (C=O) groups excluding carboxylic acids is 2. The third kappa shape index (κ3) is 5.73. The highest BCUT2D eigenvalue weighted by Gasteiger charge is 2.37. The average molecular weight is 379 g/mol. The number of likely N-dealkylation sites (tertiary alicyclic amines) is 1. The molecule has 1 aromatic carbocycles. The van der Waals surface area contributed by atoms with Crippen molar-refractivity contribution in [2.24, 2.45) is 5.92 Å². The number of rotatable bonds is 8. The van der Waals surface area contributed by atoms with Crippen molar-refractivity contribution in [1.82, 2.24) is 15.5 Å². The number of benzene rings is 1. The molecule has 27 heavy (non-hydrogen) atoms. The third-order valence-electron chi connectivity index (χ3n) is 5.44. The predicted molar refractivity (Wildman–Crippen MR) is 97.7 cm³/mol. The minimum absolute atomic E-state index is 0.0381. The van der Waals surface area contributed by atoms with Gasteiger partial charge in [0.2, 0.25) is 11.8 Å². The van der Waals surface area contributed by atoms with Crippen LogP contribution in [0.2, 0.25) is 0 Å². The Kier molecular flexibility index (Phi) is 6.42. The second-order valence-electron chi connectivity index (χ2n) is 7.68. The summed E-state index contributed by atoms with van der Waals surface area (Å²) in [5, 5.41) is 5.63. The molecule has 7 heteroatoms. The Labute approximate surface area is 158 Å². The van der Waals surface area contributed by atoms with Crippen LogP contribution in [-0.4, -0.2) is 41.9 Å². The van der Waals surface area contributed by atoms with Gasteiger partial charge in [-0.1, -0.05) is 6.07 Å². The highest BCUT2D eigenvalue weighted by atomic mass is 19.1. The monoisotopic (exact) mass is 379 g/mol. The van der Waals surface area contributed by atoms with Crippen molar-refractivity contribution in [3.63, 3.8) is 0 Å². The Hall–Kier alpha value is -2.02. The number of amides is 2. The van der Waals surface area contributed by atoms with Gasteiger partial charge in [0.05, 0.1) is 0 Å². The van der Waals surface area contributed by atoms with Gasteiger partial charge in [-0.05, 0) is 37.7 Å². The lowest BCUT2D eigenvalue weighted by Gasteiger charge is -2.30. The Morgan fingerprint density at radius 1 is 1.11 bits per heavy atom. The van der Waals surface area contributed by atoms with Crippen LogP contribution in [0.3, 0.4) is 0 Å². The van der Waals surface area contributed by atoms with E-state index in [0.29, 0.717) is 18.9 Å². The first-order valence-electron chi connectivity index (χ1n) is 9.63. The van der Waals surface area contributed by atoms with Crippen LogP contribution < -0.4 is 10.6 Å². The number of hydrogen-bond acceptors (Lipinski definition) is 3. The SMILES string of the molecule is CC(=O)NC[C@@H]1CC[C@H](CC(=O)NCc2ccc(F)cc2F)N1CC1CC1. The molecular weight excluding hydrogens is 352 g/mol. The minimum atomic E-state index is -0.651. The van der Waals surface area contributed by atoms with Gasteiger partial charge in [0.1, 0.15) is 11.6 Å². The molecular formula is C20H27F2N3O2. The molecule has 3 rings (SSSR count). The van der Waals surface area contributed by atoms with Gasteiger partial charge in [0.15, 0.2) is 0 Å². The van der Waals surface area contributed by atoms with Crippen molar-refractivity contribution >= 4 is 11.8 Å². The van der Waals surface area contributed by atoms with Crippen LogP contribution in [0.4, 0.5) is 8.78 Å². The topological polar surface area (TPSA) is 61.4 Å². The lowest BCUT2D eigenvalue weighted by Crippen LogP contribution is -2.45. The van der Waals surface area contributed by atoms with E-state index >= 15 is 0 Å². The van der Waals surface area contributed by atoms with Crippen molar-refractivity contribution in [3.05, 3.63) is 35.4 Å². The largest absolute Gasteiger partial charge is 0.355 e. The molecule has 5 nitrogen and oxygen atoms in total. The molecule has 1 aromatic rings. The second kappa shape index (κ2) is 8.78. The van der Waals surface area contributed by atoms with Crippen LogP contribution in [0.15, 0.2) is 18.2 Å². The van der Waals surface area contributed by atoms with Crippen molar-refractivity contribution in [1.29, 1.82) is 0 Å². The van der Waals surface area contributed by atoms with Gasteiger partial charge >= 0.3 is 0 Å². The van der Waals surface area contributed by atoms with Crippen molar-refractivity contribution in [2.75, 3.05) is 13.1 Å². The molecule has 2 N–H and O–H groups in total. The van der Waals surface area contributed by atoms with Gasteiger partial charge in [0.25, 0.3) is 0 Å². The summed E-state index contributed by atoms with van der Waals surface area (Å²) >= 11 is 0. The molecule has 1 heterocycles. The third-order valence-corrected chi connectivity index (χ3v) is 5.44. The lowest BCUT2D eigenvalue weighted by atomic mass is 10.1. The number of nitrogens with one attached hydrogen (secondary N) is 2. The fourth-order valence-electron chi connectivity index (χ4n) is 3.76. The smallest absolute Gasteiger partial charge is 0.221 e. The maximum atomic E-state index is 13.7. The van der Waals surface area contributed by atoms with Crippen molar-refractivity contribution < 1.29 is 18.4 Å². The van der Waals surface area contributed by atoms with Gasteiger partial charge in [-0.25, -0.2) is 8.78 Å². The number of halogens is 2. The summed E-state index contributed by atoms with van der Waals surface area (Å²) in [5.74, 6) is -0.758. The zero-order valence-corrected chi connectivity index (χ0v) is 15.6. The molecule has 2 atom stereocenters. The zero-order chi connectivity index (χ0) is 19.4. The quantitative estimate of drug-likeness (QED) is 0.729. The fourth-order valence-corrected chi connectivity index (χ4v) is 3.76. The predicted octanol–water partition coefficient (Wildman–Crippen LogP) is 2.35. The summed E-state index contributed by atoms with van der Waals surface area (Å²) < 4.78 is 26.6. The first-order valence-corrected chi connectivity index (χ1v) is 9.63. The van der Waals surface area contributed by atoms with E-state index in [1.165, 1.54) is 31.9 Å². The Balaban J connectivity index is 1.52. The first-order chi connectivity index (χ1) is 12.9. The Morgan fingerprint density at radius 2 is 1.85 bits per heavy atom. The molecule has 148 valence electrons. The fraction of sp³-hybridized carbons (Fsp3) is 0.600. The van der Waals surface area contributed by atoms with Crippen LogP contribution in [0.5, 0.6) is 0 Å². The molecule has 1 saturated heterocycles.